The van der Waals surface area contributed by atoms with Crippen LogP contribution in [0.25, 0.3) is 0 Å². The lowest BCUT2D eigenvalue weighted by Gasteiger charge is -2.23. The van der Waals surface area contributed by atoms with Crippen molar-refractivity contribution < 1.29 is 4.79 Å². The second-order valence-corrected chi connectivity index (χ2v) is 5.06. The Morgan fingerprint density at radius 2 is 2.22 bits per heavy atom. The highest BCUT2D eigenvalue weighted by atomic mass is 35.5. The Hall–Kier alpha value is -1.13. The highest BCUT2D eigenvalue weighted by molar-refractivity contribution is 6.29. The van der Waals surface area contributed by atoms with Crippen molar-refractivity contribution in [3.8, 4) is 0 Å². The largest absolute Gasteiger partial charge is 0.350 e. The molecule has 1 saturated heterocycles. The Morgan fingerprint density at radius 3 is 2.83 bits per heavy atom. The number of halogens is 1. The molecule has 2 heterocycles. The van der Waals surface area contributed by atoms with E-state index in [9.17, 15) is 4.79 Å². The minimum Gasteiger partial charge on any atom is -0.350 e. The van der Waals surface area contributed by atoms with Gasteiger partial charge >= 0.3 is 0 Å². The number of carbonyl (C=O) groups is 1. The Morgan fingerprint density at radius 1 is 1.50 bits per heavy atom. The number of hydrogen-bond donors (Lipinski definition) is 1. The van der Waals surface area contributed by atoms with E-state index in [0.29, 0.717) is 23.3 Å². The van der Waals surface area contributed by atoms with Crippen LogP contribution in [0.1, 0.15) is 30.1 Å². The summed E-state index contributed by atoms with van der Waals surface area (Å²) >= 11 is 5.68. The van der Waals surface area contributed by atoms with Crippen molar-refractivity contribution in [3.63, 3.8) is 0 Å². The van der Waals surface area contributed by atoms with E-state index in [1.165, 1.54) is 19.0 Å². The third-order valence-corrected chi connectivity index (χ3v) is 3.54. The van der Waals surface area contributed by atoms with Gasteiger partial charge in [-0.25, -0.2) is 4.98 Å². The summed E-state index contributed by atoms with van der Waals surface area (Å²) in [7, 11) is 0. The zero-order chi connectivity index (χ0) is 13.0. The molecule has 18 heavy (non-hydrogen) atoms. The monoisotopic (exact) mass is 267 g/mol. The average Bonchev–Trinajstić information content (AvgIpc) is 2.90. The summed E-state index contributed by atoms with van der Waals surface area (Å²) in [6, 6.07) is 3.70. The Labute approximate surface area is 112 Å². The van der Waals surface area contributed by atoms with E-state index in [1.54, 1.807) is 12.1 Å². The predicted octanol–water partition coefficient (Wildman–Crippen LogP) is 1.95. The number of amides is 1. The van der Waals surface area contributed by atoms with Crippen molar-refractivity contribution in [2.75, 3.05) is 19.6 Å². The quantitative estimate of drug-likeness (QED) is 0.848. The number of hydrogen-bond acceptors (Lipinski definition) is 3. The van der Waals surface area contributed by atoms with Crippen LogP contribution in [0.4, 0.5) is 0 Å². The van der Waals surface area contributed by atoms with E-state index in [2.05, 4.69) is 22.1 Å². The molecule has 2 rings (SSSR count). The molecular formula is C13H18ClN3O. The first-order valence-corrected chi connectivity index (χ1v) is 6.68. The number of rotatable bonds is 4. The van der Waals surface area contributed by atoms with Crippen molar-refractivity contribution in [3.05, 3.63) is 29.0 Å². The molecule has 1 amide bonds. The SMILES string of the molecule is CC(CNC(=O)c1ccc(Cl)nc1)N1CCCC1. The summed E-state index contributed by atoms with van der Waals surface area (Å²) in [4.78, 5) is 18.2. The van der Waals surface area contributed by atoms with Crippen LogP contribution in [-0.4, -0.2) is 41.5 Å². The molecule has 98 valence electrons. The molecule has 1 aliphatic rings. The molecule has 4 nitrogen and oxygen atoms in total. The number of nitrogens with zero attached hydrogens (tertiary/aromatic N) is 2. The van der Waals surface area contributed by atoms with Gasteiger partial charge < -0.3 is 5.32 Å². The lowest BCUT2D eigenvalue weighted by atomic mass is 10.2. The van der Waals surface area contributed by atoms with Crippen molar-refractivity contribution >= 4 is 17.5 Å². The van der Waals surface area contributed by atoms with Crippen LogP contribution in [0.15, 0.2) is 18.3 Å². The molecule has 5 heteroatoms. The van der Waals surface area contributed by atoms with Gasteiger partial charge in [-0.15, -0.1) is 0 Å². The number of aromatic nitrogens is 1. The summed E-state index contributed by atoms with van der Waals surface area (Å²) in [6.07, 6.45) is 4.02. The maximum absolute atomic E-state index is 11.9. The van der Waals surface area contributed by atoms with Crippen molar-refractivity contribution in [1.29, 1.82) is 0 Å². The summed E-state index contributed by atoms with van der Waals surface area (Å²) < 4.78 is 0. The molecule has 1 N–H and O–H groups in total. The zero-order valence-corrected chi connectivity index (χ0v) is 11.3. The van der Waals surface area contributed by atoms with Crippen LogP contribution in [0.2, 0.25) is 5.15 Å². The minimum atomic E-state index is -0.0924. The van der Waals surface area contributed by atoms with Crippen LogP contribution in [0.3, 0.4) is 0 Å². The van der Waals surface area contributed by atoms with Crippen LogP contribution in [0, 0.1) is 0 Å². The van der Waals surface area contributed by atoms with E-state index in [0.717, 1.165) is 13.1 Å². The summed E-state index contributed by atoms with van der Waals surface area (Å²) in [6.45, 7) is 5.09. The van der Waals surface area contributed by atoms with Gasteiger partial charge in [0, 0.05) is 18.8 Å². The average molecular weight is 268 g/mol. The highest BCUT2D eigenvalue weighted by Crippen LogP contribution is 2.11. The predicted molar refractivity (Wildman–Crippen MR) is 71.8 cm³/mol. The van der Waals surface area contributed by atoms with E-state index < -0.39 is 0 Å². The molecule has 0 radical (unpaired) electrons. The molecule has 1 atom stereocenters. The van der Waals surface area contributed by atoms with Gasteiger partial charge in [-0.05, 0) is 45.0 Å². The second-order valence-electron chi connectivity index (χ2n) is 4.67. The second kappa shape index (κ2) is 6.16. The van der Waals surface area contributed by atoms with Gasteiger partial charge in [0.2, 0.25) is 0 Å². The van der Waals surface area contributed by atoms with E-state index >= 15 is 0 Å². The fourth-order valence-electron chi connectivity index (χ4n) is 2.16. The lowest BCUT2D eigenvalue weighted by molar-refractivity contribution is 0.0940. The normalized spacial score (nSPS) is 17.7. The van der Waals surface area contributed by atoms with Gasteiger partial charge in [0.15, 0.2) is 0 Å². The lowest BCUT2D eigenvalue weighted by Crippen LogP contribution is -2.40. The van der Waals surface area contributed by atoms with Gasteiger partial charge in [0.05, 0.1) is 5.56 Å². The molecule has 0 aromatic carbocycles. The van der Waals surface area contributed by atoms with Gasteiger partial charge in [0.1, 0.15) is 5.15 Å². The Balaban J connectivity index is 1.82. The molecule has 0 bridgehead atoms. The van der Waals surface area contributed by atoms with Crippen LogP contribution >= 0.6 is 11.6 Å². The van der Waals surface area contributed by atoms with Gasteiger partial charge in [-0.3, -0.25) is 9.69 Å². The first kappa shape index (κ1) is 13.3. The van der Waals surface area contributed by atoms with E-state index in [1.807, 2.05) is 0 Å². The number of likely N-dealkylation sites (tertiary alicyclic amines) is 1. The molecule has 0 aliphatic carbocycles. The molecule has 1 fully saturated rings. The van der Waals surface area contributed by atoms with Gasteiger partial charge in [-0.1, -0.05) is 11.6 Å². The van der Waals surface area contributed by atoms with Crippen molar-refractivity contribution in [2.45, 2.75) is 25.8 Å². The Bertz CT molecular complexity index is 401. The molecule has 1 aromatic rings. The zero-order valence-electron chi connectivity index (χ0n) is 10.5. The summed E-state index contributed by atoms with van der Waals surface area (Å²) in [5, 5.41) is 3.33. The van der Waals surface area contributed by atoms with Gasteiger partial charge in [-0.2, -0.15) is 0 Å². The molecule has 1 aromatic heterocycles. The molecule has 1 aliphatic heterocycles. The van der Waals surface area contributed by atoms with Crippen LogP contribution < -0.4 is 5.32 Å². The molecular weight excluding hydrogens is 250 g/mol. The highest BCUT2D eigenvalue weighted by Gasteiger charge is 2.18. The van der Waals surface area contributed by atoms with Crippen LogP contribution in [0.5, 0.6) is 0 Å². The third kappa shape index (κ3) is 3.43. The van der Waals surface area contributed by atoms with Crippen molar-refractivity contribution in [1.82, 2.24) is 15.2 Å². The summed E-state index contributed by atoms with van der Waals surface area (Å²) in [5.74, 6) is -0.0924. The third-order valence-electron chi connectivity index (χ3n) is 3.31. The van der Waals surface area contributed by atoms with Crippen LogP contribution in [-0.2, 0) is 0 Å². The minimum absolute atomic E-state index is 0.0924. The van der Waals surface area contributed by atoms with E-state index in [-0.39, 0.29) is 5.91 Å². The number of carbonyl (C=O) groups excluding carboxylic acids is 1. The maximum atomic E-state index is 11.9. The van der Waals surface area contributed by atoms with Gasteiger partial charge in [0.25, 0.3) is 5.91 Å². The Kier molecular flexibility index (Phi) is 4.55. The van der Waals surface area contributed by atoms with E-state index in [4.69, 9.17) is 11.6 Å². The number of nitrogens with one attached hydrogen (secondary N) is 1. The first-order valence-electron chi connectivity index (χ1n) is 6.30. The molecule has 1 unspecified atom stereocenters. The smallest absolute Gasteiger partial charge is 0.252 e. The van der Waals surface area contributed by atoms with Crippen molar-refractivity contribution in [2.24, 2.45) is 0 Å². The first-order chi connectivity index (χ1) is 8.66. The topological polar surface area (TPSA) is 45.2 Å². The maximum Gasteiger partial charge on any atom is 0.252 e. The summed E-state index contributed by atoms with van der Waals surface area (Å²) in [5.41, 5.74) is 0.549. The standard InChI is InChI=1S/C13H18ClN3O/c1-10(17-6-2-3-7-17)8-16-13(18)11-4-5-12(14)15-9-11/h4-5,9-10H,2-3,6-8H2,1H3,(H,16,18). The fraction of sp³-hybridized carbons (Fsp3) is 0.538. The fourth-order valence-corrected chi connectivity index (χ4v) is 2.28. The molecule has 0 spiro atoms. The number of pyridine rings is 1. The molecule has 0 saturated carbocycles.